The molecule has 0 saturated carbocycles. The first-order chi connectivity index (χ1) is 8.49. The molecule has 0 spiro atoms. The number of anilines is 1. The SMILES string of the molecule is Cc1cc(C(C)Nc2cn[nH]c(=O)c2Br)c(C)s1. The van der Waals surface area contributed by atoms with Crippen molar-refractivity contribution in [2.75, 3.05) is 5.32 Å². The predicted octanol–water partition coefficient (Wildman–Crippen LogP) is 3.38. The van der Waals surface area contributed by atoms with Crippen molar-refractivity contribution in [3.8, 4) is 0 Å². The van der Waals surface area contributed by atoms with Gasteiger partial charge >= 0.3 is 0 Å². The van der Waals surface area contributed by atoms with E-state index in [2.05, 4.69) is 58.3 Å². The zero-order valence-electron chi connectivity index (χ0n) is 10.4. The number of H-pyrrole nitrogens is 1. The number of aryl methyl sites for hydroxylation is 2. The second-order valence-corrected chi connectivity index (χ2v) is 6.41. The third-order valence-corrected chi connectivity index (χ3v) is 4.48. The first kappa shape index (κ1) is 13.3. The van der Waals surface area contributed by atoms with Crippen LogP contribution in [0.15, 0.2) is 21.5 Å². The number of hydrogen-bond acceptors (Lipinski definition) is 4. The zero-order valence-corrected chi connectivity index (χ0v) is 12.8. The zero-order chi connectivity index (χ0) is 13.3. The van der Waals surface area contributed by atoms with Gasteiger partial charge in [-0.15, -0.1) is 11.3 Å². The fourth-order valence-corrected chi connectivity index (χ4v) is 3.20. The molecule has 2 heterocycles. The quantitative estimate of drug-likeness (QED) is 0.908. The summed E-state index contributed by atoms with van der Waals surface area (Å²) >= 11 is 5.04. The summed E-state index contributed by atoms with van der Waals surface area (Å²) in [5.74, 6) is 0. The summed E-state index contributed by atoms with van der Waals surface area (Å²) in [5.41, 5.74) is 1.73. The summed E-state index contributed by atoms with van der Waals surface area (Å²) in [6.07, 6.45) is 1.61. The van der Waals surface area contributed by atoms with Gasteiger partial charge in [0.15, 0.2) is 0 Å². The molecule has 0 radical (unpaired) electrons. The lowest BCUT2D eigenvalue weighted by Crippen LogP contribution is -2.14. The lowest BCUT2D eigenvalue weighted by atomic mass is 10.1. The van der Waals surface area contributed by atoms with Crippen LogP contribution in [-0.4, -0.2) is 10.2 Å². The summed E-state index contributed by atoms with van der Waals surface area (Å²) in [7, 11) is 0. The number of thiophene rings is 1. The Morgan fingerprint density at radius 2 is 2.22 bits per heavy atom. The van der Waals surface area contributed by atoms with Crippen molar-refractivity contribution in [2.45, 2.75) is 26.8 Å². The molecule has 2 aromatic heterocycles. The normalized spacial score (nSPS) is 12.4. The van der Waals surface area contributed by atoms with Crippen LogP contribution in [0.25, 0.3) is 0 Å². The van der Waals surface area contributed by atoms with E-state index < -0.39 is 0 Å². The molecule has 0 aromatic carbocycles. The minimum Gasteiger partial charge on any atom is -0.376 e. The van der Waals surface area contributed by atoms with Gasteiger partial charge in [0.05, 0.1) is 11.9 Å². The summed E-state index contributed by atoms with van der Waals surface area (Å²) in [6.45, 7) is 6.27. The highest BCUT2D eigenvalue weighted by Crippen LogP contribution is 2.29. The summed E-state index contributed by atoms with van der Waals surface area (Å²) in [6, 6.07) is 2.31. The molecule has 2 aromatic rings. The third kappa shape index (κ3) is 2.64. The Kier molecular flexibility index (Phi) is 3.87. The van der Waals surface area contributed by atoms with Gasteiger partial charge in [0.25, 0.3) is 5.56 Å². The van der Waals surface area contributed by atoms with E-state index in [-0.39, 0.29) is 11.6 Å². The molecule has 0 aliphatic carbocycles. The molecule has 0 fully saturated rings. The van der Waals surface area contributed by atoms with Crippen molar-refractivity contribution >= 4 is 33.0 Å². The molecule has 0 bridgehead atoms. The van der Waals surface area contributed by atoms with Crippen LogP contribution in [-0.2, 0) is 0 Å². The molecule has 0 amide bonds. The van der Waals surface area contributed by atoms with Crippen LogP contribution in [0.1, 0.15) is 28.3 Å². The van der Waals surface area contributed by atoms with Gasteiger partial charge < -0.3 is 5.32 Å². The highest BCUT2D eigenvalue weighted by molar-refractivity contribution is 9.10. The number of rotatable bonds is 3. The monoisotopic (exact) mass is 327 g/mol. The molecule has 0 saturated heterocycles. The van der Waals surface area contributed by atoms with E-state index in [1.165, 1.54) is 15.3 Å². The first-order valence-electron chi connectivity index (χ1n) is 5.55. The topological polar surface area (TPSA) is 57.8 Å². The van der Waals surface area contributed by atoms with Gasteiger partial charge in [0.2, 0.25) is 0 Å². The third-order valence-electron chi connectivity index (χ3n) is 2.71. The van der Waals surface area contributed by atoms with E-state index in [0.717, 1.165) is 0 Å². The number of halogens is 1. The second-order valence-electron chi connectivity index (χ2n) is 4.16. The fraction of sp³-hybridized carbons (Fsp3) is 0.333. The van der Waals surface area contributed by atoms with Crippen molar-refractivity contribution in [2.24, 2.45) is 0 Å². The molecule has 1 atom stereocenters. The van der Waals surface area contributed by atoms with Crippen LogP contribution >= 0.6 is 27.3 Å². The molecule has 96 valence electrons. The molecule has 2 N–H and O–H groups in total. The predicted molar refractivity (Wildman–Crippen MR) is 78.4 cm³/mol. The van der Waals surface area contributed by atoms with Gasteiger partial charge in [-0.3, -0.25) is 4.79 Å². The Balaban J connectivity index is 2.26. The van der Waals surface area contributed by atoms with Crippen molar-refractivity contribution in [3.05, 3.63) is 42.4 Å². The number of hydrogen-bond donors (Lipinski definition) is 2. The molecule has 6 heteroatoms. The summed E-state index contributed by atoms with van der Waals surface area (Å²) in [4.78, 5) is 14.0. The van der Waals surface area contributed by atoms with Gasteiger partial charge in [-0.25, -0.2) is 5.10 Å². The second kappa shape index (κ2) is 5.24. The Hall–Kier alpha value is -1.14. The number of nitrogens with zero attached hydrogens (tertiary/aromatic N) is 1. The lowest BCUT2D eigenvalue weighted by Gasteiger charge is -2.15. The fourth-order valence-electron chi connectivity index (χ4n) is 1.88. The van der Waals surface area contributed by atoms with E-state index >= 15 is 0 Å². The van der Waals surface area contributed by atoms with Crippen molar-refractivity contribution < 1.29 is 0 Å². The van der Waals surface area contributed by atoms with Crippen LogP contribution in [0.2, 0.25) is 0 Å². The molecular formula is C12H14BrN3OS. The molecule has 4 nitrogen and oxygen atoms in total. The van der Waals surface area contributed by atoms with Gasteiger partial charge in [0, 0.05) is 15.8 Å². The molecule has 0 aliphatic heterocycles. The van der Waals surface area contributed by atoms with Crippen molar-refractivity contribution in [3.63, 3.8) is 0 Å². The van der Waals surface area contributed by atoms with Crippen molar-refractivity contribution in [1.82, 2.24) is 10.2 Å². The first-order valence-corrected chi connectivity index (χ1v) is 7.16. The average Bonchev–Trinajstić information content (AvgIpc) is 2.64. The van der Waals surface area contributed by atoms with E-state index in [9.17, 15) is 4.79 Å². The van der Waals surface area contributed by atoms with Crippen LogP contribution in [0.4, 0.5) is 5.69 Å². The Bertz CT molecular complexity index is 620. The smallest absolute Gasteiger partial charge is 0.280 e. The van der Waals surface area contributed by atoms with Gasteiger partial charge in [-0.05, 0) is 48.3 Å². The van der Waals surface area contributed by atoms with Crippen LogP contribution < -0.4 is 10.9 Å². The van der Waals surface area contributed by atoms with Crippen molar-refractivity contribution in [1.29, 1.82) is 0 Å². The molecular weight excluding hydrogens is 314 g/mol. The Morgan fingerprint density at radius 1 is 1.50 bits per heavy atom. The van der Waals surface area contributed by atoms with Crippen LogP contribution in [0.3, 0.4) is 0 Å². The van der Waals surface area contributed by atoms with Crippen LogP contribution in [0.5, 0.6) is 0 Å². The van der Waals surface area contributed by atoms with Gasteiger partial charge in [-0.1, -0.05) is 0 Å². The standard InChI is InChI=1S/C12H14BrN3OS/c1-6-4-9(8(3)18-6)7(2)15-10-5-14-16-12(17)11(10)13/h4-5,7H,1-3H3,(H2,15,16,17). The Labute approximate surface area is 118 Å². The number of aromatic amines is 1. The largest absolute Gasteiger partial charge is 0.376 e. The molecule has 0 aliphatic rings. The maximum Gasteiger partial charge on any atom is 0.280 e. The molecule has 18 heavy (non-hydrogen) atoms. The minimum absolute atomic E-state index is 0.134. The maximum atomic E-state index is 11.4. The summed E-state index contributed by atoms with van der Waals surface area (Å²) in [5, 5.41) is 9.47. The van der Waals surface area contributed by atoms with E-state index in [0.29, 0.717) is 10.2 Å². The summed E-state index contributed by atoms with van der Waals surface area (Å²) < 4.78 is 0.481. The lowest BCUT2D eigenvalue weighted by molar-refractivity contribution is 0.869. The highest BCUT2D eigenvalue weighted by Gasteiger charge is 2.13. The van der Waals surface area contributed by atoms with Crippen LogP contribution in [0, 0.1) is 13.8 Å². The van der Waals surface area contributed by atoms with E-state index in [1.807, 2.05) is 0 Å². The maximum absolute atomic E-state index is 11.4. The van der Waals surface area contributed by atoms with E-state index in [1.54, 1.807) is 17.5 Å². The minimum atomic E-state index is -0.231. The van der Waals surface area contributed by atoms with Gasteiger partial charge in [0.1, 0.15) is 4.47 Å². The molecule has 2 rings (SSSR count). The van der Waals surface area contributed by atoms with E-state index in [4.69, 9.17) is 0 Å². The number of nitrogens with one attached hydrogen (secondary N) is 2. The Morgan fingerprint density at radius 3 is 2.83 bits per heavy atom. The number of aromatic nitrogens is 2. The average molecular weight is 328 g/mol. The molecule has 1 unspecified atom stereocenters. The van der Waals surface area contributed by atoms with Gasteiger partial charge in [-0.2, -0.15) is 5.10 Å². The highest BCUT2D eigenvalue weighted by atomic mass is 79.9.